The van der Waals surface area contributed by atoms with Crippen molar-refractivity contribution in [2.24, 2.45) is 7.05 Å². The first-order chi connectivity index (χ1) is 7.68. The summed E-state index contributed by atoms with van der Waals surface area (Å²) >= 11 is 1.29. The van der Waals surface area contributed by atoms with Crippen molar-refractivity contribution in [3.05, 3.63) is 46.8 Å². The lowest BCUT2D eigenvalue weighted by atomic mass is 10.3. The maximum Gasteiger partial charge on any atom is 0.283 e. The smallest absolute Gasteiger partial charge is 0.283 e. The molecule has 0 unspecified atom stereocenters. The summed E-state index contributed by atoms with van der Waals surface area (Å²) in [6, 6.07) is 6.64. The van der Waals surface area contributed by atoms with E-state index in [0.717, 1.165) is 5.16 Å². The maximum atomic E-state index is 10.8. The summed E-state index contributed by atoms with van der Waals surface area (Å²) in [6.45, 7) is 0. The normalized spacial score (nSPS) is 8.68. The molecular formula is C10H14ClN3O4S. The Morgan fingerprint density at radius 2 is 1.95 bits per heavy atom. The van der Waals surface area contributed by atoms with Gasteiger partial charge in [-0.05, 0) is 17.8 Å². The molecule has 1 heterocycles. The number of halogens is 1. The third-order valence-electron chi connectivity index (χ3n) is 2.04. The van der Waals surface area contributed by atoms with Crippen LogP contribution < -0.4 is 0 Å². The fourth-order valence-electron chi connectivity index (χ4n) is 1.24. The molecule has 106 valence electrons. The number of imidazole rings is 1. The average Bonchev–Trinajstić information content (AvgIpc) is 2.65. The quantitative estimate of drug-likeness (QED) is 0.625. The molecule has 0 aliphatic heterocycles. The van der Waals surface area contributed by atoms with E-state index in [4.69, 9.17) is 0 Å². The van der Waals surface area contributed by atoms with Crippen molar-refractivity contribution in [3.8, 4) is 0 Å². The summed E-state index contributed by atoms with van der Waals surface area (Å²) in [5.41, 5.74) is 0.107. The summed E-state index contributed by atoms with van der Waals surface area (Å²) < 4.78 is 1.82. The van der Waals surface area contributed by atoms with Crippen molar-refractivity contribution in [2.45, 2.75) is 10.1 Å². The monoisotopic (exact) mass is 307 g/mol. The minimum absolute atomic E-state index is 0. The van der Waals surface area contributed by atoms with E-state index in [1.54, 1.807) is 30.6 Å². The van der Waals surface area contributed by atoms with Gasteiger partial charge in [0.2, 0.25) is 0 Å². The first-order valence-corrected chi connectivity index (χ1v) is 5.39. The number of benzene rings is 1. The number of rotatable bonds is 3. The van der Waals surface area contributed by atoms with Crippen molar-refractivity contribution in [2.75, 3.05) is 0 Å². The van der Waals surface area contributed by atoms with Crippen molar-refractivity contribution in [3.63, 3.8) is 0 Å². The molecule has 0 aliphatic rings. The Hall–Kier alpha value is -1.61. The number of hydrogen-bond donors (Lipinski definition) is 0. The average molecular weight is 308 g/mol. The van der Waals surface area contributed by atoms with Gasteiger partial charge >= 0.3 is 0 Å². The van der Waals surface area contributed by atoms with Gasteiger partial charge in [0.15, 0.2) is 5.16 Å². The number of aromatic nitrogens is 2. The van der Waals surface area contributed by atoms with Gasteiger partial charge in [0.25, 0.3) is 5.69 Å². The first kappa shape index (κ1) is 19.7. The molecular weight excluding hydrogens is 294 g/mol. The molecule has 0 amide bonds. The molecule has 0 aliphatic carbocycles. The second kappa shape index (κ2) is 8.48. The third kappa shape index (κ3) is 4.52. The molecule has 9 heteroatoms. The van der Waals surface area contributed by atoms with E-state index in [9.17, 15) is 10.1 Å². The molecule has 2 rings (SSSR count). The Bertz CT molecular complexity index is 535. The fourth-order valence-corrected chi connectivity index (χ4v) is 2.15. The molecule has 0 saturated heterocycles. The minimum Gasteiger partial charge on any atom is -0.412 e. The molecule has 0 saturated carbocycles. The van der Waals surface area contributed by atoms with Gasteiger partial charge in [0.1, 0.15) is 0 Å². The Labute approximate surface area is 119 Å². The highest BCUT2D eigenvalue weighted by atomic mass is 35.5. The summed E-state index contributed by atoms with van der Waals surface area (Å²) in [5, 5.41) is 11.5. The molecule has 1 aromatic heterocycles. The second-order valence-electron chi connectivity index (χ2n) is 3.15. The Kier molecular flexibility index (Phi) is 8.81. The van der Waals surface area contributed by atoms with Crippen molar-refractivity contribution < 1.29 is 15.9 Å². The molecule has 7 nitrogen and oxygen atoms in total. The lowest BCUT2D eigenvalue weighted by Crippen LogP contribution is -1.92. The first-order valence-electron chi connectivity index (χ1n) is 4.57. The molecule has 4 N–H and O–H groups in total. The number of aryl methyl sites for hydroxylation is 1. The third-order valence-corrected chi connectivity index (χ3v) is 3.18. The number of nitrogens with zero attached hydrogens (tertiary/aromatic N) is 3. The van der Waals surface area contributed by atoms with Crippen LogP contribution in [0, 0.1) is 10.1 Å². The minimum atomic E-state index is -0.384. The summed E-state index contributed by atoms with van der Waals surface area (Å²) in [4.78, 5) is 15.1. The summed E-state index contributed by atoms with van der Waals surface area (Å²) in [7, 11) is 1.85. The van der Waals surface area contributed by atoms with Crippen LogP contribution in [0.25, 0.3) is 0 Å². The fraction of sp³-hybridized carbons (Fsp3) is 0.100. The van der Waals surface area contributed by atoms with Crippen molar-refractivity contribution >= 4 is 29.9 Å². The molecule has 0 spiro atoms. The zero-order valence-electron chi connectivity index (χ0n) is 9.94. The van der Waals surface area contributed by atoms with Crippen LogP contribution in [0.1, 0.15) is 0 Å². The number of hydrogen-bond acceptors (Lipinski definition) is 4. The highest BCUT2D eigenvalue weighted by Crippen LogP contribution is 2.32. The molecule has 0 bridgehead atoms. The Morgan fingerprint density at radius 3 is 2.47 bits per heavy atom. The van der Waals surface area contributed by atoms with Crippen LogP contribution in [-0.2, 0) is 7.05 Å². The summed E-state index contributed by atoms with van der Waals surface area (Å²) in [5.74, 6) is 0. The van der Waals surface area contributed by atoms with E-state index in [1.165, 1.54) is 17.8 Å². The van der Waals surface area contributed by atoms with Gasteiger partial charge in [0, 0.05) is 25.5 Å². The van der Waals surface area contributed by atoms with Gasteiger partial charge < -0.3 is 15.5 Å². The van der Waals surface area contributed by atoms with Crippen LogP contribution in [0.3, 0.4) is 0 Å². The van der Waals surface area contributed by atoms with Gasteiger partial charge in [-0.2, -0.15) is 0 Å². The highest BCUT2D eigenvalue weighted by Gasteiger charge is 2.14. The standard InChI is InChI=1S/C10H9N3O2S.ClH.2H2O/c1-12-7-6-11-10(12)16-9-5-3-2-4-8(9)13(14)15;;;/h2-7H,1H3;1H;2*1H2. The molecule has 1 aromatic carbocycles. The van der Waals surface area contributed by atoms with Gasteiger partial charge in [-0.3, -0.25) is 10.1 Å². The highest BCUT2D eigenvalue weighted by molar-refractivity contribution is 7.99. The predicted octanol–water partition coefficient (Wildman–Crippen LogP) is 1.25. The zero-order chi connectivity index (χ0) is 11.5. The second-order valence-corrected chi connectivity index (χ2v) is 4.16. The zero-order valence-corrected chi connectivity index (χ0v) is 11.6. The van der Waals surface area contributed by atoms with Crippen molar-refractivity contribution in [1.82, 2.24) is 9.55 Å². The Balaban J connectivity index is 0. The number of nitro groups is 1. The Morgan fingerprint density at radius 1 is 1.32 bits per heavy atom. The van der Waals surface area contributed by atoms with E-state index in [-0.39, 0.29) is 34.0 Å². The summed E-state index contributed by atoms with van der Waals surface area (Å²) in [6.07, 6.45) is 3.47. The van der Waals surface area contributed by atoms with Gasteiger partial charge in [0.05, 0.1) is 9.82 Å². The van der Waals surface area contributed by atoms with Gasteiger partial charge in [-0.25, -0.2) is 4.98 Å². The lowest BCUT2D eigenvalue weighted by molar-refractivity contribution is -0.387. The lowest BCUT2D eigenvalue weighted by Gasteiger charge is -2.02. The predicted molar refractivity (Wildman–Crippen MR) is 74.9 cm³/mol. The van der Waals surface area contributed by atoms with Crippen LogP contribution in [-0.4, -0.2) is 25.4 Å². The topological polar surface area (TPSA) is 124 Å². The van der Waals surface area contributed by atoms with Crippen LogP contribution in [0.4, 0.5) is 5.69 Å². The maximum absolute atomic E-state index is 10.8. The van der Waals surface area contributed by atoms with E-state index in [1.807, 2.05) is 11.6 Å². The van der Waals surface area contributed by atoms with Crippen LogP contribution in [0.5, 0.6) is 0 Å². The van der Waals surface area contributed by atoms with Crippen LogP contribution in [0.15, 0.2) is 46.7 Å². The van der Waals surface area contributed by atoms with E-state index in [2.05, 4.69) is 4.98 Å². The molecule has 0 radical (unpaired) electrons. The number of nitro benzene ring substituents is 1. The van der Waals surface area contributed by atoms with E-state index in [0.29, 0.717) is 4.90 Å². The van der Waals surface area contributed by atoms with E-state index < -0.39 is 0 Å². The number of para-hydroxylation sites is 1. The molecule has 19 heavy (non-hydrogen) atoms. The van der Waals surface area contributed by atoms with E-state index >= 15 is 0 Å². The van der Waals surface area contributed by atoms with Crippen LogP contribution in [0.2, 0.25) is 0 Å². The molecule has 2 aromatic rings. The van der Waals surface area contributed by atoms with Crippen LogP contribution >= 0.6 is 24.2 Å². The molecule has 0 atom stereocenters. The largest absolute Gasteiger partial charge is 0.412 e. The SMILES string of the molecule is Cl.Cn1ccnc1Sc1ccccc1[N+](=O)[O-].O.O. The van der Waals surface area contributed by atoms with Gasteiger partial charge in [-0.15, -0.1) is 12.4 Å². The van der Waals surface area contributed by atoms with Gasteiger partial charge in [-0.1, -0.05) is 12.1 Å². The molecule has 0 fully saturated rings. The van der Waals surface area contributed by atoms with Crippen molar-refractivity contribution in [1.29, 1.82) is 0 Å².